The van der Waals surface area contributed by atoms with Crippen LogP contribution in [0, 0.1) is 5.92 Å². The van der Waals surface area contributed by atoms with E-state index in [9.17, 15) is 4.79 Å². The van der Waals surface area contributed by atoms with Crippen molar-refractivity contribution < 1.29 is 4.79 Å². The second-order valence-electron chi connectivity index (χ2n) is 4.48. The molecule has 0 N–H and O–H groups in total. The predicted molar refractivity (Wildman–Crippen MR) is 64.2 cm³/mol. The van der Waals surface area contributed by atoms with Gasteiger partial charge in [-0.05, 0) is 21.8 Å². The van der Waals surface area contributed by atoms with Crippen molar-refractivity contribution in [3.63, 3.8) is 0 Å². The summed E-state index contributed by atoms with van der Waals surface area (Å²) in [7, 11) is 1.76. The van der Waals surface area contributed by atoms with Gasteiger partial charge in [-0.25, -0.2) is 4.68 Å². The molecule has 0 saturated heterocycles. The molecule has 1 saturated carbocycles. The first-order chi connectivity index (χ1) is 7.68. The molecule has 1 aromatic rings. The smallest absolute Gasteiger partial charge is 0.183 e. The van der Waals surface area contributed by atoms with Crippen LogP contribution in [0.3, 0.4) is 0 Å². The maximum atomic E-state index is 12.1. The Hall–Kier alpha value is -0.710. The van der Waals surface area contributed by atoms with Gasteiger partial charge in [0.05, 0.1) is 0 Å². The van der Waals surface area contributed by atoms with Crippen LogP contribution in [0.1, 0.15) is 49.0 Å². The molecule has 88 valence electrons. The van der Waals surface area contributed by atoms with E-state index in [-0.39, 0.29) is 5.78 Å². The number of hydrogen-bond acceptors (Lipinski definition) is 3. The second kappa shape index (κ2) is 5.08. The predicted octanol–water partition coefficient (Wildman–Crippen LogP) is 2.73. The van der Waals surface area contributed by atoms with E-state index in [0.717, 1.165) is 0 Å². The van der Waals surface area contributed by atoms with Crippen LogP contribution < -0.4 is 0 Å². The third kappa shape index (κ3) is 2.51. The molecule has 2 rings (SSSR count). The van der Waals surface area contributed by atoms with Crippen LogP contribution >= 0.6 is 15.9 Å². The van der Waals surface area contributed by atoms with Crippen LogP contribution in [0.5, 0.6) is 0 Å². The van der Waals surface area contributed by atoms with E-state index in [0.29, 0.717) is 22.6 Å². The lowest BCUT2D eigenvalue weighted by atomic mass is 9.85. The molecule has 1 aromatic heterocycles. The SMILES string of the molecule is Cn1nnc(Br)c1C(=O)CC1CCCCC1. The lowest BCUT2D eigenvalue weighted by molar-refractivity contribution is 0.0940. The number of nitrogens with zero attached hydrogens (tertiary/aromatic N) is 3. The number of aromatic nitrogens is 3. The Bertz CT molecular complexity index is 363. The van der Waals surface area contributed by atoms with Crippen molar-refractivity contribution in [3.05, 3.63) is 10.3 Å². The van der Waals surface area contributed by atoms with Gasteiger partial charge in [-0.1, -0.05) is 37.3 Å². The van der Waals surface area contributed by atoms with Crippen molar-refractivity contribution in [2.75, 3.05) is 0 Å². The number of ketones is 1. The molecule has 1 aliphatic rings. The fraction of sp³-hybridized carbons (Fsp3) is 0.727. The number of hydrogen-bond donors (Lipinski definition) is 0. The van der Waals surface area contributed by atoms with Gasteiger partial charge in [-0.2, -0.15) is 0 Å². The van der Waals surface area contributed by atoms with Crippen LogP contribution in [0.15, 0.2) is 4.60 Å². The average molecular weight is 286 g/mol. The molecule has 5 heteroatoms. The zero-order valence-corrected chi connectivity index (χ0v) is 11.0. The third-order valence-corrected chi connectivity index (χ3v) is 3.78. The molecular formula is C11H16BrN3O. The van der Waals surface area contributed by atoms with E-state index in [1.165, 1.54) is 32.1 Å². The Labute approximate surface area is 104 Å². The summed E-state index contributed by atoms with van der Waals surface area (Å²) in [5.41, 5.74) is 0.602. The molecule has 1 aliphatic carbocycles. The normalized spacial score (nSPS) is 17.6. The summed E-state index contributed by atoms with van der Waals surface area (Å²) in [4.78, 5) is 12.1. The molecule has 1 heterocycles. The monoisotopic (exact) mass is 285 g/mol. The molecule has 16 heavy (non-hydrogen) atoms. The summed E-state index contributed by atoms with van der Waals surface area (Å²) in [5, 5.41) is 7.67. The molecule has 0 spiro atoms. The van der Waals surface area contributed by atoms with E-state index in [1.807, 2.05) is 0 Å². The fourth-order valence-corrected chi connectivity index (χ4v) is 2.93. The molecule has 0 amide bonds. The summed E-state index contributed by atoms with van der Waals surface area (Å²) in [6.07, 6.45) is 6.87. The molecule has 0 atom stereocenters. The van der Waals surface area contributed by atoms with Crippen LogP contribution in [-0.4, -0.2) is 20.8 Å². The zero-order chi connectivity index (χ0) is 11.5. The standard InChI is InChI=1S/C11H16BrN3O/c1-15-10(11(12)13-14-15)9(16)7-8-5-3-2-4-6-8/h8H,2-7H2,1H3. The largest absolute Gasteiger partial charge is 0.292 e. The van der Waals surface area contributed by atoms with Crippen LogP contribution in [-0.2, 0) is 7.05 Å². The van der Waals surface area contributed by atoms with Crippen LogP contribution in [0.4, 0.5) is 0 Å². The van der Waals surface area contributed by atoms with Crippen molar-refractivity contribution in [2.24, 2.45) is 13.0 Å². The van der Waals surface area contributed by atoms with E-state index < -0.39 is 0 Å². The zero-order valence-electron chi connectivity index (χ0n) is 9.45. The van der Waals surface area contributed by atoms with Crippen molar-refractivity contribution >= 4 is 21.7 Å². The topological polar surface area (TPSA) is 47.8 Å². The average Bonchev–Trinajstić information content (AvgIpc) is 2.60. The molecule has 0 aliphatic heterocycles. The number of halogens is 1. The number of carbonyl (C=O) groups excluding carboxylic acids is 1. The minimum Gasteiger partial charge on any atom is -0.292 e. The van der Waals surface area contributed by atoms with Crippen LogP contribution in [0.2, 0.25) is 0 Å². The van der Waals surface area contributed by atoms with E-state index in [2.05, 4.69) is 26.2 Å². The Balaban J connectivity index is 2.02. The Morgan fingerprint density at radius 3 is 2.69 bits per heavy atom. The highest BCUT2D eigenvalue weighted by atomic mass is 79.9. The molecule has 4 nitrogen and oxygen atoms in total. The maximum Gasteiger partial charge on any atom is 0.183 e. The number of carbonyl (C=O) groups is 1. The quantitative estimate of drug-likeness (QED) is 0.803. The van der Waals surface area contributed by atoms with Crippen molar-refractivity contribution in [3.8, 4) is 0 Å². The van der Waals surface area contributed by atoms with Crippen molar-refractivity contribution in [1.82, 2.24) is 15.0 Å². The first kappa shape index (κ1) is 11.8. The molecule has 0 aromatic carbocycles. The molecular weight excluding hydrogens is 270 g/mol. The summed E-state index contributed by atoms with van der Waals surface area (Å²) in [5.74, 6) is 0.717. The van der Waals surface area contributed by atoms with Gasteiger partial charge in [-0.15, -0.1) is 5.10 Å². The number of aryl methyl sites for hydroxylation is 1. The van der Waals surface area contributed by atoms with Gasteiger partial charge in [0.1, 0.15) is 5.69 Å². The van der Waals surface area contributed by atoms with Gasteiger partial charge >= 0.3 is 0 Å². The van der Waals surface area contributed by atoms with Crippen molar-refractivity contribution in [2.45, 2.75) is 38.5 Å². The summed E-state index contributed by atoms with van der Waals surface area (Å²) in [6.45, 7) is 0. The van der Waals surface area contributed by atoms with Gasteiger partial charge in [-0.3, -0.25) is 4.79 Å². The number of Topliss-reactive ketones (excluding diaryl/α,β-unsaturated/α-hetero) is 1. The van der Waals surface area contributed by atoms with Gasteiger partial charge in [0.25, 0.3) is 0 Å². The highest BCUT2D eigenvalue weighted by Gasteiger charge is 2.22. The van der Waals surface area contributed by atoms with Gasteiger partial charge < -0.3 is 0 Å². The fourth-order valence-electron chi connectivity index (χ4n) is 2.38. The van der Waals surface area contributed by atoms with E-state index in [4.69, 9.17) is 0 Å². The first-order valence-electron chi connectivity index (χ1n) is 5.77. The third-order valence-electron chi connectivity index (χ3n) is 3.25. The summed E-state index contributed by atoms with van der Waals surface area (Å²) >= 11 is 3.27. The second-order valence-corrected chi connectivity index (χ2v) is 5.23. The summed E-state index contributed by atoms with van der Waals surface area (Å²) in [6, 6.07) is 0. The highest BCUT2D eigenvalue weighted by molar-refractivity contribution is 9.10. The highest BCUT2D eigenvalue weighted by Crippen LogP contribution is 2.28. The van der Waals surface area contributed by atoms with E-state index in [1.54, 1.807) is 11.7 Å². The minimum atomic E-state index is 0.159. The van der Waals surface area contributed by atoms with Gasteiger partial charge in [0.15, 0.2) is 10.4 Å². The van der Waals surface area contributed by atoms with Crippen molar-refractivity contribution in [1.29, 1.82) is 0 Å². The minimum absolute atomic E-state index is 0.159. The van der Waals surface area contributed by atoms with E-state index >= 15 is 0 Å². The first-order valence-corrected chi connectivity index (χ1v) is 6.56. The molecule has 0 bridgehead atoms. The van der Waals surface area contributed by atoms with Gasteiger partial charge in [0.2, 0.25) is 0 Å². The Morgan fingerprint density at radius 1 is 1.44 bits per heavy atom. The Morgan fingerprint density at radius 2 is 2.12 bits per heavy atom. The van der Waals surface area contributed by atoms with Crippen LogP contribution in [0.25, 0.3) is 0 Å². The Kier molecular flexibility index (Phi) is 3.74. The lowest BCUT2D eigenvalue weighted by Crippen LogP contribution is -2.15. The number of rotatable bonds is 3. The maximum absolute atomic E-state index is 12.1. The summed E-state index contributed by atoms with van der Waals surface area (Å²) < 4.78 is 2.12. The molecule has 0 radical (unpaired) electrons. The lowest BCUT2D eigenvalue weighted by Gasteiger charge is -2.20. The molecule has 1 fully saturated rings. The van der Waals surface area contributed by atoms with Gasteiger partial charge in [0, 0.05) is 13.5 Å². The molecule has 0 unspecified atom stereocenters.